The van der Waals surface area contributed by atoms with Crippen molar-refractivity contribution in [2.24, 2.45) is 0 Å². The monoisotopic (exact) mass is 478 g/mol. The van der Waals surface area contributed by atoms with E-state index >= 15 is 0 Å². The maximum absolute atomic E-state index is 11.8. The highest BCUT2D eigenvalue weighted by molar-refractivity contribution is 7.75. The van der Waals surface area contributed by atoms with Gasteiger partial charge in [0.15, 0.2) is 0 Å². The van der Waals surface area contributed by atoms with E-state index in [4.69, 9.17) is 4.74 Å². The first-order valence-corrected chi connectivity index (χ1v) is 14.2. The molecule has 0 aliphatic carbocycles. The van der Waals surface area contributed by atoms with Crippen LogP contribution in [-0.4, -0.2) is 37.2 Å². The average molecular weight is 480 g/mol. The van der Waals surface area contributed by atoms with Crippen molar-refractivity contribution in [1.82, 2.24) is 0 Å². The van der Waals surface area contributed by atoms with E-state index in [0.29, 0.717) is 12.2 Å². The zero-order chi connectivity index (χ0) is 20.4. The van der Waals surface area contributed by atoms with Gasteiger partial charge >= 0.3 is 5.97 Å². The van der Waals surface area contributed by atoms with E-state index in [-0.39, 0.29) is 23.0 Å². The van der Waals surface area contributed by atoms with Crippen molar-refractivity contribution in [2.45, 2.75) is 105 Å². The van der Waals surface area contributed by atoms with Crippen LogP contribution in [0.4, 0.5) is 0 Å². The van der Waals surface area contributed by atoms with E-state index in [1.807, 2.05) is 0 Å². The zero-order valence-electron chi connectivity index (χ0n) is 19.4. The molecule has 4 heteroatoms. The Morgan fingerprint density at radius 1 is 0.714 bits per heavy atom. The van der Waals surface area contributed by atoms with Crippen LogP contribution in [0.3, 0.4) is 0 Å². The minimum Gasteiger partial charge on any atom is -1.00 e. The lowest BCUT2D eigenvalue weighted by Crippen LogP contribution is -3.00. The van der Waals surface area contributed by atoms with Crippen LogP contribution in [0.2, 0.25) is 0 Å². The summed E-state index contributed by atoms with van der Waals surface area (Å²) in [4.78, 5) is 11.8. The number of hydrogen-bond donors (Lipinski definition) is 0. The predicted octanol–water partition coefficient (Wildman–Crippen LogP) is 4.87. The Morgan fingerprint density at radius 2 is 1.11 bits per heavy atom. The number of halogens is 1. The summed E-state index contributed by atoms with van der Waals surface area (Å²) in [6, 6.07) is 0. The Morgan fingerprint density at radius 3 is 1.43 bits per heavy atom. The molecule has 0 aliphatic heterocycles. The third kappa shape index (κ3) is 16.0. The lowest BCUT2D eigenvalue weighted by atomic mass is 10.2. The number of esters is 1. The number of unbranched alkanes of at least 4 members (excludes halogenated alkanes) is 9. The molecule has 0 unspecified atom stereocenters. The van der Waals surface area contributed by atoms with Crippen LogP contribution in [0.15, 0.2) is 12.2 Å². The Labute approximate surface area is 187 Å². The number of rotatable bonds is 19. The largest absolute Gasteiger partial charge is 1.00 e. The molecule has 0 amide bonds. The van der Waals surface area contributed by atoms with E-state index in [2.05, 4.69) is 27.4 Å². The zero-order valence-corrected chi connectivity index (χ0v) is 21.9. The molecule has 0 saturated carbocycles. The number of carbonyl (C=O) groups is 1. The smallest absolute Gasteiger partial charge is 0.333 e. The summed E-state index contributed by atoms with van der Waals surface area (Å²) < 4.78 is 5.53. The van der Waals surface area contributed by atoms with Crippen molar-refractivity contribution in [2.75, 3.05) is 31.3 Å². The molecule has 0 atom stereocenters. The molecule has 0 aliphatic rings. The van der Waals surface area contributed by atoms with Gasteiger partial charge in [-0.15, -0.1) is 0 Å². The molecular formula is C24H48BrO2P. The van der Waals surface area contributed by atoms with Crippen LogP contribution in [0.25, 0.3) is 0 Å². The van der Waals surface area contributed by atoms with Gasteiger partial charge < -0.3 is 21.7 Å². The van der Waals surface area contributed by atoms with Gasteiger partial charge in [0, 0.05) is 12.8 Å². The van der Waals surface area contributed by atoms with Crippen molar-refractivity contribution in [3.8, 4) is 0 Å². The van der Waals surface area contributed by atoms with Crippen molar-refractivity contribution in [1.29, 1.82) is 0 Å². The quantitative estimate of drug-likeness (QED) is 0.114. The van der Waals surface area contributed by atoms with Gasteiger partial charge in [-0.05, 0) is 45.4 Å². The fourth-order valence-corrected chi connectivity index (χ4v) is 8.25. The third-order valence-electron chi connectivity index (χ3n) is 5.61. The summed E-state index contributed by atoms with van der Waals surface area (Å²) in [7, 11) is -1.01. The second-order valence-corrected chi connectivity index (χ2v) is 12.8. The molecule has 0 saturated heterocycles. The maximum Gasteiger partial charge on any atom is 0.333 e. The van der Waals surface area contributed by atoms with E-state index < -0.39 is 7.26 Å². The predicted molar refractivity (Wildman–Crippen MR) is 125 cm³/mol. The second kappa shape index (κ2) is 20.4. The van der Waals surface area contributed by atoms with Crippen molar-refractivity contribution in [3.05, 3.63) is 12.2 Å². The first-order valence-electron chi connectivity index (χ1n) is 11.7. The van der Waals surface area contributed by atoms with Crippen LogP contribution in [-0.2, 0) is 9.53 Å². The number of hydrogen-bond acceptors (Lipinski definition) is 2. The first-order chi connectivity index (χ1) is 13.0. The second-order valence-electron chi connectivity index (χ2n) is 8.33. The highest BCUT2D eigenvalue weighted by atomic mass is 79.9. The van der Waals surface area contributed by atoms with E-state index in [9.17, 15) is 4.79 Å². The Balaban J connectivity index is 0. The fourth-order valence-electron chi connectivity index (χ4n) is 3.75. The fraction of sp³-hybridized carbons (Fsp3) is 0.875. The lowest BCUT2D eigenvalue weighted by molar-refractivity contribution is -0.138. The van der Waals surface area contributed by atoms with Crippen LogP contribution in [0.1, 0.15) is 105 Å². The topological polar surface area (TPSA) is 26.3 Å². The minimum absolute atomic E-state index is 0. The summed E-state index contributed by atoms with van der Waals surface area (Å²) >= 11 is 0. The summed E-state index contributed by atoms with van der Waals surface area (Å²) in [5.41, 5.74) is 0.521. The van der Waals surface area contributed by atoms with Crippen LogP contribution in [0, 0.1) is 0 Å². The minimum atomic E-state index is -1.01. The standard InChI is InChI=1S/C24H48O2P.BrH/c1-6-9-12-15-19-27(20-16-13-10-7-2,21-17-14-11-8-3)22-18-26-24(25)23(4)5;/h4,6-22H2,1-3,5H3;1H/q+1;/p-1. The highest BCUT2D eigenvalue weighted by Crippen LogP contribution is 2.60. The van der Waals surface area contributed by atoms with Crippen LogP contribution < -0.4 is 17.0 Å². The SMILES string of the molecule is C=C(C)C(=O)OCC[P+](CCCCCC)(CCCCCC)CCCCCC.[Br-]. The van der Waals surface area contributed by atoms with Crippen molar-refractivity contribution < 1.29 is 26.5 Å². The average Bonchev–Trinajstić information content (AvgIpc) is 2.65. The first kappa shape index (κ1) is 30.3. The molecule has 28 heavy (non-hydrogen) atoms. The molecule has 0 N–H and O–H groups in total. The molecule has 0 bridgehead atoms. The van der Waals surface area contributed by atoms with Gasteiger partial charge in [0.25, 0.3) is 0 Å². The van der Waals surface area contributed by atoms with Crippen molar-refractivity contribution in [3.63, 3.8) is 0 Å². The van der Waals surface area contributed by atoms with Gasteiger partial charge in [-0.1, -0.05) is 65.9 Å². The molecule has 0 aromatic carbocycles. The van der Waals surface area contributed by atoms with Crippen LogP contribution in [0.5, 0.6) is 0 Å². The molecule has 0 fully saturated rings. The summed E-state index contributed by atoms with van der Waals surface area (Å²) in [5, 5.41) is 0. The maximum atomic E-state index is 11.8. The van der Waals surface area contributed by atoms with Gasteiger partial charge in [-0.25, -0.2) is 4.79 Å². The highest BCUT2D eigenvalue weighted by Gasteiger charge is 2.35. The van der Waals surface area contributed by atoms with Gasteiger partial charge in [0.2, 0.25) is 0 Å². The summed E-state index contributed by atoms with van der Waals surface area (Å²) in [5.74, 6) is -0.212. The van der Waals surface area contributed by atoms with Gasteiger partial charge in [0.1, 0.15) is 6.61 Å². The molecule has 0 heterocycles. The molecule has 0 radical (unpaired) electrons. The van der Waals surface area contributed by atoms with Gasteiger partial charge in [-0.2, -0.15) is 0 Å². The molecule has 0 aromatic heterocycles. The lowest BCUT2D eigenvalue weighted by Gasteiger charge is -2.28. The van der Waals surface area contributed by atoms with E-state index in [1.165, 1.54) is 95.5 Å². The van der Waals surface area contributed by atoms with Gasteiger partial charge in [-0.3, -0.25) is 0 Å². The normalized spacial score (nSPS) is 11.1. The number of carbonyl (C=O) groups excluding carboxylic acids is 1. The molecule has 0 spiro atoms. The summed E-state index contributed by atoms with van der Waals surface area (Å²) in [6.07, 6.45) is 21.6. The Kier molecular flexibility index (Phi) is 22.1. The summed E-state index contributed by atoms with van der Waals surface area (Å²) in [6.45, 7) is 12.9. The molecule has 0 rings (SSSR count). The third-order valence-corrected chi connectivity index (χ3v) is 10.5. The van der Waals surface area contributed by atoms with Crippen molar-refractivity contribution >= 4 is 13.2 Å². The molecule has 168 valence electrons. The Hall–Kier alpha value is 0.120. The molecule has 0 aromatic rings. The Bertz CT molecular complexity index is 354. The van der Waals surface area contributed by atoms with Gasteiger partial charge in [0.05, 0.1) is 24.6 Å². The molecule has 2 nitrogen and oxygen atoms in total. The molecular weight excluding hydrogens is 431 g/mol. The van der Waals surface area contributed by atoms with Crippen LogP contribution >= 0.6 is 7.26 Å². The van der Waals surface area contributed by atoms with E-state index in [1.54, 1.807) is 6.92 Å². The number of ether oxygens (including phenoxy) is 1. The van der Waals surface area contributed by atoms with E-state index in [0.717, 1.165) is 6.16 Å².